The molecule has 7 heteroatoms. The molecule has 0 aliphatic heterocycles. The van der Waals surface area contributed by atoms with Gasteiger partial charge in [-0.05, 0) is 32.3 Å². The second-order valence-corrected chi connectivity index (χ2v) is 6.46. The van der Waals surface area contributed by atoms with Crippen molar-refractivity contribution in [3.05, 3.63) is 29.3 Å². The highest BCUT2D eigenvalue weighted by Gasteiger charge is 2.38. The van der Waals surface area contributed by atoms with Crippen molar-refractivity contribution in [2.24, 2.45) is 11.8 Å². The SMILES string of the molecule is Cc1cc(C)n2cc(COC(=O)CCNC(=O)[C@@H]3C[C@H]3C)nc2n1. The summed E-state index contributed by atoms with van der Waals surface area (Å²) in [6.45, 7) is 6.35. The molecule has 0 aromatic carbocycles. The number of carbonyl (C=O) groups excluding carboxylic acids is 2. The number of fused-ring (bicyclic) bond motifs is 1. The van der Waals surface area contributed by atoms with Crippen molar-refractivity contribution >= 4 is 17.7 Å². The van der Waals surface area contributed by atoms with Crippen molar-refractivity contribution in [1.29, 1.82) is 0 Å². The number of ether oxygens (including phenoxy) is 1. The third-order valence-electron chi connectivity index (χ3n) is 4.27. The molecule has 3 rings (SSSR count). The van der Waals surface area contributed by atoms with Gasteiger partial charge in [-0.2, -0.15) is 0 Å². The van der Waals surface area contributed by atoms with E-state index in [2.05, 4.69) is 15.3 Å². The van der Waals surface area contributed by atoms with E-state index >= 15 is 0 Å². The minimum absolute atomic E-state index is 0.0348. The normalized spacial score (nSPS) is 19.3. The first-order chi connectivity index (χ1) is 11.4. The molecule has 0 spiro atoms. The van der Waals surface area contributed by atoms with Gasteiger partial charge in [0.25, 0.3) is 0 Å². The van der Waals surface area contributed by atoms with Gasteiger partial charge in [0, 0.05) is 30.0 Å². The summed E-state index contributed by atoms with van der Waals surface area (Å²) in [7, 11) is 0. The number of hydrogen-bond donors (Lipinski definition) is 1. The van der Waals surface area contributed by atoms with Gasteiger partial charge in [0.05, 0.1) is 12.1 Å². The third-order valence-corrected chi connectivity index (χ3v) is 4.27. The van der Waals surface area contributed by atoms with Crippen molar-refractivity contribution in [1.82, 2.24) is 19.7 Å². The van der Waals surface area contributed by atoms with E-state index in [1.165, 1.54) is 0 Å². The molecule has 2 atom stereocenters. The summed E-state index contributed by atoms with van der Waals surface area (Å²) in [5.41, 5.74) is 2.58. The molecule has 24 heavy (non-hydrogen) atoms. The number of esters is 1. The van der Waals surface area contributed by atoms with Gasteiger partial charge in [0.1, 0.15) is 6.61 Å². The van der Waals surface area contributed by atoms with Crippen LogP contribution in [-0.4, -0.2) is 32.8 Å². The van der Waals surface area contributed by atoms with Crippen molar-refractivity contribution in [3.8, 4) is 0 Å². The fourth-order valence-electron chi connectivity index (χ4n) is 2.72. The van der Waals surface area contributed by atoms with Crippen molar-refractivity contribution in [2.75, 3.05) is 6.54 Å². The van der Waals surface area contributed by atoms with Crippen LogP contribution in [0.1, 0.15) is 36.8 Å². The Morgan fingerprint density at radius 2 is 2.12 bits per heavy atom. The van der Waals surface area contributed by atoms with Crippen LogP contribution in [0.2, 0.25) is 0 Å². The Labute approximate surface area is 140 Å². The zero-order valence-corrected chi connectivity index (χ0v) is 14.2. The molecule has 1 aliphatic carbocycles. The van der Waals surface area contributed by atoms with Crippen LogP contribution in [-0.2, 0) is 20.9 Å². The molecule has 0 unspecified atom stereocenters. The zero-order valence-electron chi connectivity index (χ0n) is 14.2. The smallest absolute Gasteiger partial charge is 0.307 e. The first-order valence-corrected chi connectivity index (χ1v) is 8.19. The van der Waals surface area contributed by atoms with Gasteiger partial charge in [0.2, 0.25) is 11.7 Å². The minimum atomic E-state index is -0.350. The summed E-state index contributed by atoms with van der Waals surface area (Å²) in [4.78, 5) is 32.1. The van der Waals surface area contributed by atoms with Crippen LogP contribution >= 0.6 is 0 Å². The van der Waals surface area contributed by atoms with Gasteiger partial charge in [-0.25, -0.2) is 9.97 Å². The Bertz CT molecular complexity index is 783. The molecule has 2 aromatic rings. The summed E-state index contributed by atoms with van der Waals surface area (Å²) in [6.07, 6.45) is 2.92. The maximum absolute atomic E-state index is 11.8. The van der Waals surface area contributed by atoms with Gasteiger partial charge in [-0.1, -0.05) is 6.92 Å². The van der Waals surface area contributed by atoms with E-state index in [1.807, 2.05) is 37.4 Å². The summed E-state index contributed by atoms with van der Waals surface area (Å²) in [5, 5.41) is 2.77. The minimum Gasteiger partial charge on any atom is -0.459 e. The highest BCUT2D eigenvalue weighted by Crippen LogP contribution is 2.37. The zero-order chi connectivity index (χ0) is 17.3. The largest absolute Gasteiger partial charge is 0.459 e. The number of aryl methyl sites for hydroxylation is 2. The molecular formula is C17H22N4O3. The lowest BCUT2D eigenvalue weighted by Gasteiger charge is -2.05. The molecule has 0 saturated heterocycles. The van der Waals surface area contributed by atoms with Crippen LogP contribution < -0.4 is 5.32 Å². The molecule has 0 bridgehead atoms. The fourth-order valence-corrected chi connectivity index (χ4v) is 2.72. The summed E-state index contributed by atoms with van der Waals surface area (Å²) in [5.74, 6) is 0.875. The fraction of sp³-hybridized carbons (Fsp3) is 0.529. The van der Waals surface area contributed by atoms with Crippen LogP contribution in [0.15, 0.2) is 12.3 Å². The summed E-state index contributed by atoms with van der Waals surface area (Å²) >= 11 is 0. The standard InChI is InChI=1S/C17H22N4O3/c1-10-6-14(10)16(23)18-5-4-15(22)24-9-13-8-21-12(3)7-11(2)19-17(21)20-13/h7-8,10,14H,4-6,9H2,1-3H3,(H,18,23)/t10-,14-/m1/s1. The molecule has 2 heterocycles. The van der Waals surface area contributed by atoms with Gasteiger partial charge < -0.3 is 10.1 Å². The highest BCUT2D eigenvalue weighted by molar-refractivity contribution is 5.81. The lowest BCUT2D eigenvalue weighted by Crippen LogP contribution is -2.28. The number of aromatic nitrogens is 3. The van der Waals surface area contributed by atoms with E-state index in [9.17, 15) is 9.59 Å². The van der Waals surface area contributed by atoms with Gasteiger partial charge in [-0.15, -0.1) is 0 Å². The number of nitrogens with one attached hydrogen (secondary N) is 1. The molecule has 1 aliphatic rings. The van der Waals surface area contributed by atoms with Crippen LogP contribution in [0, 0.1) is 25.7 Å². The average molecular weight is 330 g/mol. The molecule has 2 aromatic heterocycles. The van der Waals surface area contributed by atoms with E-state index in [4.69, 9.17) is 4.74 Å². The second kappa shape index (κ2) is 6.59. The predicted molar refractivity (Wildman–Crippen MR) is 87.2 cm³/mol. The lowest BCUT2D eigenvalue weighted by molar-refractivity contribution is -0.145. The van der Waals surface area contributed by atoms with Crippen LogP contribution in [0.5, 0.6) is 0 Å². The van der Waals surface area contributed by atoms with Gasteiger partial charge in [0.15, 0.2) is 0 Å². The van der Waals surface area contributed by atoms with Crippen LogP contribution in [0.4, 0.5) is 0 Å². The maximum Gasteiger partial charge on any atom is 0.307 e. The first-order valence-electron chi connectivity index (χ1n) is 8.19. The third kappa shape index (κ3) is 3.72. The topological polar surface area (TPSA) is 85.6 Å². The van der Waals surface area contributed by atoms with Gasteiger partial charge >= 0.3 is 5.97 Å². The van der Waals surface area contributed by atoms with Crippen LogP contribution in [0.3, 0.4) is 0 Å². The Kier molecular flexibility index (Phi) is 4.51. The highest BCUT2D eigenvalue weighted by atomic mass is 16.5. The lowest BCUT2D eigenvalue weighted by atomic mass is 10.3. The van der Waals surface area contributed by atoms with Crippen molar-refractivity contribution < 1.29 is 14.3 Å². The van der Waals surface area contributed by atoms with E-state index in [0.29, 0.717) is 23.9 Å². The number of rotatable bonds is 6. The second-order valence-electron chi connectivity index (χ2n) is 6.46. The molecule has 1 amide bonds. The Hall–Kier alpha value is -2.44. The molecular weight excluding hydrogens is 308 g/mol. The van der Waals surface area contributed by atoms with Crippen molar-refractivity contribution in [2.45, 2.75) is 40.2 Å². The number of hydrogen-bond acceptors (Lipinski definition) is 5. The molecule has 0 radical (unpaired) electrons. The van der Waals surface area contributed by atoms with E-state index < -0.39 is 0 Å². The van der Waals surface area contributed by atoms with Gasteiger partial charge in [-0.3, -0.25) is 14.0 Å². The predicted octanol–water partition coefficient (Wildman–Crippen LogP) is 1.55. The maximum atomic E-state index is 11.8. The molecule has 1 N–H and O–H groups in total. The molecule has 1 saturated carbocycles. The summed E-state index contributed by atoms with van der Waals surface area (Å²) < 4.78 is 7.08. The Balaban J connectivity index is 1.46. The van der Waals surface area contributed by atoms with E-state index in [0.717, 1.165) is 17.8 Å². The Morgan fingerprint density at radius 3 is 2.83 bits per heavy atom. The average Bonchev–Trinajstić information content (AvgIpc) is 3.10. The number of amides is 1. The van der Waals surface area contributed by atoms with E-state index in [-0.39, 0.29) is 30.8 Å². The number of nitrogens with zero attached hydrogens (tertiary/aromatic N) is 3. The quantitative estimate of drug-likeness (QED) is 0.812. The molecule has 1 fully saturated rings. The number of carbonyl (C=O) groups is 2. The molecule has 7 nitrogen and oxygen atoms in total. The Morgan fingerprint density at radius 1 is 1.38 bits per heavy atom. The molecule has 128 valence electrons. The van der Waals surface area contributed by atoms with Crippen LogP contribution in [0.25, 0.3) is 5.78 Å². The van der Waals surface area contributed by atoms with Crippen molar-refractivity contribution in [3.63, 3.8) is 0 Å². The van der Waals surface area contributed by atoms with E-state index in [1.54, 1.807) is 0 Å². The summed E-state index contributed by atoms with van der Waals surface area (Å²) in [6, 6.07) is 1.97. The monoisotopic (exact) mass is 330 g/mol. The number of imidazole rings is 1. The first kappa shape index (κ1) is 16.4.